The first-order valence-corrected chi connectivity index (χ1v) is 15.4. The number of hydrogen-bond donors (Lipinski definition) is 2. The first kappa shape index (κ1) is 29.0. The standard InChI is InChI=1S/C31H36N8O3S/c1-4-28(40)39-12-8-11-24(19-39)33-26-13-22(18-38-16-20(2)41-21(3)17-38)14-27(34-26)35-31-32-15-25(43-31)30-37-36-29(42-30)23-9-6-5-7-10-23/h4-7,9-10,13-15,20-21,24H,1,8,11-12,16-19H2,2-3H3,(H2,32,33,34,35)/t20-,21+,24-/m0/s1. The van der Waals surface area contributed by atoms with E-state index in [-0.39, 0.29) is 24.2 Å². The number of rotatable bonds is 9. The molecule has 1 aromatic carbocycles. The van der Waals surface area contributed by atoms with E-state index in [0.717, 1.165) is 60.8 Å². The Bertz CT molecular complexity index is 1550. The molecule has 3 atom stereocenters. The van der Waals surface area contributed by atoms with Crippen LogP contribution in [0.4, 0.5) is 16.8 Å². The van der Waals surface area contributed by atoms with Gasteiger partial charge in [0.25, 0.3) is 5.89 Å². The Morgan fingerprint density at radius 3 is 2.65 bits per heavy atom. The van der Waals surface area contributed by atoms with Crippen LogP contribution < -0.4 is 10.6 Å². The van der Waals surface area contributed by atoms with Gasteiger partial charge in [-0.25, -0.2) is 9.97 Å². The van der Waals surface area contributed by atoms with E-state index >= 15 is 0 Å². The number of nitrogens with one attached hydrogen (secondary N) is 2. The molecule has 3 aromatic heterocycles. The summed E-state index contributed by atoms with van der Waals surface area (Å²) in [5.41, 5.74) is 1.99. The van der Waals surface area contributed by atoms with Crippen molar-refractivity contribution in [3.63, 3.8) is 0 Å². The molecule has 0 saturated carbocycles. The number of anilines is 3. The number of likely N-dealkylation sites (tertiary alicyclic amines) is 1. The lowest BCUT2D eigenvalue weighted by molar-refractivity contribution is -0.127. The summed E-state index contributed by atoms with van der Waals surface area (Å²) in [6.07, 6.45) is 5.35. The molecule has 0 spiro atoms. The van der Waals surface area contributed by atoms with Gasteiger partial charge in [0.1, 0.15) is 16.5 Å². The Hall–Kier alpha value is -4.13. The van der Waals surface area contributed by atoms with Gasteiger partial charge in [-0.3, -0.25) is 9.69 Å². The molecule has 0 unspecified atom stereocenters. The lowest BCUT2D eigenvalue weighted by Crippen LogP contribution is -2.45. The second-order valence-electron chi connectivity index (χ2n) is 11.1. The van der Waals surface area contributed by atoms with Crippen LogP contribution in [0, 0.1) is 0 Å². The minimum absolute atomic E-state index is 0.0390. The fourth-order valence-corrected chi connectivity index (χ4v) is 6.43. The van der Waals surface area contributed by atoms with Crippen molar-refractivity contribution in [1.29, 1.82) is 0 Å². The number of thiazole rings is 1. The van der Waals surface area contributed by atoms with Crippen LogP contribution in [0.15, 0.2) is 65.7 Å². The zero-order chi connectivity index (χ0) is 29.8. The first-order chi connectivity index (χ1) is 20.9. The van der Waals surface area contributed by atoms with Gasteiger partial charge < -0.3 is 24.7 Å². The van der Waals surface area contributed by atoms with Crippen molar-refractivity contribution in [3.05, 3.63) is 66.9 Å². The lowest BCUT2D eigenvalue weighted by atomic mass is 10.1. The number of carbonyl (C=O) groups is 1. The van der Waals surface area contributed by atoms with Crippen LogP contribution in [0.1, 0.15) is 32.3 Å². The van der Waals surface area contributed by atoms with Crippen LogP contribution in [0.25, 0.3) is 22.2 Å². The Kier molecular flexibility index (Phi) is 8.77. The fourth-order valence-electron chi connectivity index (χ4n) is 5.68. The molecule has 224 valence electrons. The fraction of sp³-hybridized carbons (Fsp3) is 0.387. The molecule has 43 heavy (non-hydrogen) atoms. The SMILES string of the molecule is C=CC(=O)N1CCC[C@H](Nc2cc(CN3C[C@@H](C)O[C@@H](C)C3)cc(Nc3ncc(-c4nnc(-c5ccccc5)o4)s3)n2)C1. The Labute approximate surface area is 255 Å². The molecule has 2 saturated heterocycles. The molecule has 0 bridgehead atoms. The number of ether oxygens (including phenoxy) is 1. The minimum atomic E-state index is -0.0390. The number of carbonyl (C=O) groups excluding carboxylic acids is 1. The van der Waals surface area contributed by atoms with Gasteiger partial charge >= 0.3 is 0 Å². The average Bonchev–Trinajstić information content (AvgIpc) is 3.67. The molecule has 4 aromatic rings. The summed E-state index contributed by atoms with van der Waals surface area (Å²) < 4.78 is 11.9. The topological polar surface area (TPSA) is 122 Å². The highest BCUT2D eigenvalue weighted by molar-refractivity contribution is 7.18. The molecule has 1 amide bonds. The van der Waals surface area contributed by atoms with Gasteiger partial charge in [0.05, 0.1) is 18.4 Å². The molecule has 12 heteroatoms. The van der Waals surface area contributed by atoms with Crippen molar-refractivity contribution < 1.29 is 13.9 Å². The van der Waals surface area contributed by atoms with Gasteiger partial charge in [0.2, 0.25) is 11.8 Å². The molecule has 11 nitrogen and oxygen atoms in total. The smallest absolute Gasteiger partial charge is 0.259 e. The minimum Gasteiger partial charge on any atom is -0.415 e. The maximum atomic E-state index is 12.2. The summed E-state index contributed by atoms with van der Waals surface area (Å²) in [7, 11) is 0. The van der Waals surface area contributed by atoms with Gasteiger partial charge in [-0.15, -0.1) is 10.2 Å². The molecule has 2 N–H and O–H groups in total. The van der Waals surface area contributed by atoms with Gasteiger partial charge in [0.15, 0.2) is 5.13 Å². The number of pyridine rings is 1. The van der Waals surface area contributed by atoms with Crippen molar-refractivity contribution in [1.82, 2.24) is 30.0 Å². The van der Waals surface area contributed by atoms with Crippen LogP contribution in [-0.2, 0) is 16.1 Å². The molecule has 0 radical (unpaired) electrons. The van der Waals surface area contributed by atoms with E-state index in [1.165, 1.54) is 17.4 Å². The number of nitrogens with zero attached hydrogens (tertiary/aromatic N) is 6. The molecule has 0 aliphatic carbocycles. The summed E-state index contributed by atoms with van der Waals surface area (Å²) in [5, 5.41) is 16.1. The third-order valence-corrected chi connectivity index (χ3v) is 8.34. The van der Waals surface area contributed by atoms with E-state index in [1.807, 2.05) is 35.2 Å². The van der Waals surface area contributed by atoms with E-state index in [0.29, 0.717) is 29.3 Å². The molecular formula is C31H36N8O3S. The predicted octanol–water partition coefficient (Wildman–Crippen LogP) is 5.20. The van der Waals surface area contributed by atoms with E-state index in [1.54, 1.807) is 6.20 Å². The number of benzene rings is 1. The van der Waals surface area contributed by atoms with Crippen LogP contribution in [0.3, 0.4) is 0 Å². The predicted molar refractivity (Wildman–Crippen MR) is 167 cm³/mol. The van der Waals surface area contributed by atoms with Gasteiger partial charge in [0, 0.05) is 44.3 Å². The third kappa shape index (κ3) is 7.27. The largest absolute Gasteiger partial charge is 0.415 e. The van der Waals surface area contributed by atoms with E-state index in [9.17, 15) is 4.79 Å². The summed E-state index contributed by atoms with van der Waals surface area (Å²) in [4.78, 5) is 26.7. The normalized spacial score (nSPS) is 21.0. The van der Waals surface area contributed by atoms with E-state index in [4.69, 9.17) is 14.1 Å². The number of amides is 1. The maximum absolute atomic E-state index is 12.2. The van der Waals surface area contributed by atoms with Crippen molar-refractivity contribution in [2.45, 2.75) is 51.5 Å². The quantitative estimate of drug-likeness (QED) is 0.248. The number of morpholine rings is 1. The Balaban J connectivity index is 1.21. The van der Waals surface area contributed by atoms with Crippen molar-refractivity contribution in [2.24, 2.45) is 0 Å². The summed E-state index contributed by atoms with van der Waals surface area (Å²) in [5.74, 6) is 2.28. The van der Waals surface area contributed by atoms with E-state index < -0.39 is 0 Å². The molecule has 6 rings (SSSR count). The highest BCUT2D eigenvalue weighted by Gasteiger charge is 2.25. The van der Waals surface area contributed by atoms with Crippen LogP contribution in [0.5, 0.6) is 0 Å². The Morgan fingerprint density at radius 2 is 1.86 bits per heavy atom. The second-order valence-corrected chi connectivity index (χ2v) is 12.1. The third-order valence-electron chi connectivity index (χ3n) is 7.44. The second kappa shape index (κ2) is 13.0. The van der Waals surface area contributed by atoms with Crippen LogP contribution in [0.2, 0.25) is 0 Å². The number of piperidine rings is 1. The maximum Gasteiger partial charge on any atom is 0.259 e. The van der Waals surface area contributed by atoms with E-state index in [2.05, 4.69) is 63.3 Å². The molecular weight excluding hydrogens is 564 g/mol. The molecule has 2 aliphatic heterocycles. The number of aromatic nitrogens is 4. The van der Waals surface area contributed by atoms with Gasteiger partial charge in [-0.1, -0.05) is 36.1 Å². The van der Waals surface area contributed by atoms with Crippen molar-refractivity contribution in [2.75, 3.05) is 36.8 Å². The van der Waals surface area contributed by atoms with Crippen molar-refractivity contribution >= 4 is 34.0 Å². The van der Waals surface area contributed by atoms with Gasteiger partial charge in [-0.2, -0.15) is 0 Å². The van der Waals surface area contributed by atoms with Crippen molar-refractivity contribution in [3.8, 4) is 22.2 Å². The van der Waals surface area contributed by atoms with Gasteiger partial charge in [-0.05, 0) is 62.6 Å². The molecule has 5 heterocycles. The summed E-state index contributed by atoms with van der Waals surface area (Å²) in [6.45, 7) is 11.7. The zero-order valence-corrected chi connectivity index (χ0v) is 25.2. The average molecular weight is 601 g/mol. The zero-order valence-electron chi connectivity index (χ0n) is 24.4. The lowest BCUT2D eigenvalue weighted by Gasteiger charge is -2.35. The highest BCUT2D eigenvalue weighted by atomic mass is 32.1. The Morgan fingerprint density at radius 1 is 1.09 bits per heavy atom. The molecule has 2 fully saturated rings. The summed E-state index contributed by atoms with van der Waals surface area (Å²) in [6, 6.07) is 13.9. The number of hydrogen-bond acceptors (Lipinski definition) is 11. The first-order valence-electron chi connectivity index (χ1n) is 14.6. The highest BCUT2D eigenvalue weighted by Crippen LogP contribution is 2.32. The monoisotopic (exact) mass is 600 g/mol. The molecule has 2 aliphatic rings. The van der Waals surface area contributed by atoms with Crippen LogP contribution >= 0.6 is 11.3 Å². The summed E-state index contributed by atoms with van der Waals surface area (Å²) >= 11 is 1.42. The van der Waals surface area contributed by atoms with Crippen LogP contribution in [-0.4, -0.2) is 80.3 Å².